The highest BCUT2D eigenvalue weighted by molar-refractivity contribution is 5.49. The van der Waals surface area contributed by atoms with Crippen molar-refractivity contribution in [2.75, 3.05) is 7.11 Å². The fraction of sp³-hybridized carbons (Fsp3) is 0.526. The molecule has 0 fully saturated rings. The van der Waals surface area contributed by atoms with Crippen molar-refractivity contribution in [3.63, 3.8) is 0 Å². The minimum absolute atomic E-state index is 0.230. The molecule has 1 aliphatic heterocycles. The predicted octanol–water partition coefficient (Wildman–Crippen LogP) is 3.18. The Morgan fingerprint density at radius 2 is 2.12 bits per heavy atom. The zero-order valence-electron chi connectivity index (χ0n) is 14.4. The Kier molecular flexibility index (Phi) is 4.19. The number of hydrogen-bond donors (Lipinski definition) is 1. The van der Waals surface area contributed by atoms with Crippen molar-refractivity contribution in [3.05, 3.63) is 40.3 Å². The lowest BCUT2D eigenvalue weighted by atomic mass is 9.96. The van der Waals surface area contributed by atoms with E-state index in [1.165, 1.54) is 24.0 Å². The highest BCUT2D eigenvalue weighted by atomic mass is 16.5. The van der Waals surface area contributed by atoms with Crippen LogP contribution < -0.4 is 14.8 Å². The highest BCUT2D eigenvalue weighted by Crippen LogP contribution is 2.36. The standard InChI is InChI=1S/C19H24N2O3/c1-12-7-13-8-15(22-2)9-14(19(13)23-12)10-20-11-17-16-5-3-4-6-18(16)24-21-17/h8-9,12,20H,3-7,10-11H2,1-2H3. The third-order valence-corrected chi connectivity index (χ3v) is 4.92. The molecule has 2 aromatic rings. The summed E-state index contributed by atoms with van der Waals surface area (Å²) in [5, 5.41) is 7.75. The molecule has 0 spiro atoms. The van der Waals surface area contributed by atoms with Gasteiger partial charge in [-0.2, -0.15) is 0 Å². The van der Waals surface area contributed by atoms with Crippen molar-refractivity contribution >= 4 is 0 Å². The lowest BCUT2D eigenvalue weighted by molar-refractivity contribution is 0.252. The number of nitrogens with zero attached hydrogens (tertiary/aromatic N) is 1. The Morgan fingerprint density at radius 3 is 3.00 bits per heavy atom. The van der Waals surface area contributed by atoms with Crippen LogP contribution in [0.2, 0.25) is 0 Å². The third kappa shape index (κ3) is 2.88. The molecule has 0 radical (unpaired) electrons. The average Bonchev–Trinajstić information content (AvgIpc) is 3.17. The van der Waals surface area contributed by atoms with Gasteiger partial charge in [-0.25, -0.2) is 0 Å². The summed E-state index contributed by atoms with van der Waals surface area (Å²) in [5.74, 6) is 2.98. The lowest BCUT2D eigenvalue weighted by Crippen LogP contribution is -2.16. The minimum atomic E-state index is 0.230. The number of fused-ring (bicyclic) bond motifs is 2. The largest absolute Gasteiger partial charge is 0.497 e. The van der Waals surface area contributed by atoms with Gasteiger partial charge in [0.15, 0.2) is 0 Å². The van der Waals surface area contributed by atoms with Gasteiger partial charge in [-0.1, -0.05) is 5.16 Å². The fourth-order valence-corrected chi connectivity index (χ4v) is 3.73. The predicted molar refractivity (Wildman–Crippen MR) is 90.5 cm³/mol. The van der Waals surface area contributed by atoms with Crippen LogP contribution >= 0.6 is 0 Å². The van der Waals surface area contributed by atoms with Gasteiger partial charge in [0.05, 0.1) is 7.11 Å². The van der Waals surface area contributed by atoms with E-state index in [1.807, 2.05) is 0 Å². The second-order valence-corrected chi connectivity index (χ2v) is 6.75. The van der Waals surface area contributed by atoms with Crippen molar-refractivity contribution < 1.29 is 14.0 Å². The molecule has 2 aliphatic rings. The molecule has 0 saturated carbocycles. The molecule has 1 aliphatic carbocycles. The maximum atomic E-state index is 5.99. The first-order valence-corrected chi connectivity index (χ1v) is 8.78. The first-order valence-electron chi connectivity index (χ1n) is 8.78. The van der Waals surface area contributed by atoms with Crippen molar-refractivity contribution in [2.24, 2.45) is 0 Å². The summed E-state index contributed by atoms with van der Waals surface area (Å²) in [4.78, 5) is 0. The summed E-state index contributed by atoms with van der Waals surface area (Å²) in [6.45, 7) is 3.56. The topological polar surface area (TPSA) is 56.5 Å². The second kappa shape index (κ2) is 6.48. The maximum Gasteiger partial charge on any atom is 0.140 e. The Bertz CT molecular complexity index is 738. The zero-order valence-corrected chi connectivity index (χ0v) is 14.4. The summed E-state index contributed by atoms with van der Waals surface area (Å²) in [5.41, 5.74) is 4.75. The summed E-state index contributed by atoms with van der Waals surface area (Å²) in [6.07, 6.45) is 5.73. The van der Waals surface area contributed by atoms with Gasteiger partial charge in [-0.3, -0.25) is 0 Å². The fourth-order valence-electron chi connectivity index (χ4n) is 3.73. The van der Waals surface area contributed by atoms with Crippen molar-refractivity contribution in [1.82, 2.24) is 10.5 Å². The van der Waals surface area contributed by atoms with Crippen LogP contribution in [0.5, 0.6) is 11.5 Å². The van der Waals surface area contributed by atoms with Crippen molar-refractivity contribution in [3.8, 4) is 11.5 Å². The van der Waals surface area contributed by atoms with Gasteiger partial charge in [-0.05, 0) is 38.3 Å². The minimum Gasteiger partial charge on any atom is -0.497 e. The number of ether oxygens (including phenoxy) is 2. The molecular weight excluding hydrogens is 304 g/mol. The Morgan fingerprint density at radius 1 is 1.25 bits per heavy atom. The van der Waals surface area contributed by atoms with E-state index in [2.05, 4.69) is 29.5 Å². The number of benzene rings is 1. The lowest BCUT2D eigenvalue weighted by Gasteiger charge is -2.13. The molecule has 1 aromatic carbocycles. The van der Waals surface area contributed by atoms with Gasteiger partial charge in [0.25, 0.3) is 0 Å². The summed E-state index contributed by atoms with van der Waals surface area (Å²) >= 11 is 0. The van der Waals surface area contributed by atoms with Crippen LogP contribution in [-0.2, 0) is 32.4 Å². The molecule has 2 heterocycles. The molecule has 0 amide bonds. The van der Waals surface area contributed by atoms with Crippen LogP contribution in [0, 0.1) is 0 Å². The van der Waals surface area contributed by atoms with Crippen LogP contribution in [0.15, 0.2) is 16.7 Å². The zero-order chi connectivity index (χ0) is 16.5. The quantitative estimate of drug-likeness (QED) is 0.913. The Hall–Kier alpha value is -2.01. The van der Waals surface area contributed by atoms with E-state index in [1.54, 1.807) is 7.11 Å². The van der Waals surface area contributed by atoms with Gasteiger partial charge in [0.2, 0.25) is 0 Å². The molecular formula is C19H24N2O3. The van der Waals surface area contributed by atoms with E-state index in [9.17, 15) is 0 Å². The Labute approximate surface area is 142 Å². The highest BCUT2D eigenvalue weighted by Gasteiger charge is 2.24. The first kappa shape index (κ1) is 15.5. The molecule has 24 heavy (non-hydrogen) atoms. The van der Waals surface area contributed by atoms with Gasteiger partial charge in [-0.15, -0.1) is 0 Å². The smallest absolute Gasteiger partial charge is 0.140 e. The molecule has 1 atom stereocenters. The number of rotatable bonds is 5. The van der Waals surface area contributed by atoms with Crippen LogP contribution in [-0.4, -0.2) is 18.4 Å². The molecule has 1 N–H and O–H groups in total. The number of hydrogen-bond acceptors (Lipinski definition) is 5. The molecule has 5 nitrogen and oxygen atoms in total. The number of aryl methyl sites for hydroxylation is 1. The van der Waals surface area contributed by atoms with Crippen molar-refractivity contribution in [2.45, 2.75) is 58.2 Å². The third-order valence-electron chi connectivity index (χ3n) is 4.92. The Balaban J connectivity index is 1.47. The van der Waals surface area contributed by atoms with Gasteiger partial charge < -0.3 is 19.3 Å². The van der Waals surface area contributed by atoms with Crippen LogP contribution in [0.4, 0.5) is 0 Å². The number of methoxy groups -OCH3 is 1. The van der Waals surface area contributed by atoms with Crippen molar-refractivity contribution in [1.29, 1.82) is 0 Å². The monoisotopic (exact) mass is 328 g/mol. The van der Waals surface area contributed by atoms with Gasteiger partial charge in [0.1, 0.15) is 29.1 Å². The van der Waals surface area contributed by atoms with E-state index in [0.717, 1.165) is 60.9 Å². The normalized spacial score (nSPS) is 18.8. The van der Waals surface area contributed by atoms with Crippen LogP contribution in [0.3, 0.4) is 0 Å². The molecule has 0 bridgehead atoms. The summed E-state index contributed by atoms with van der Waals surface area (Å²) in [6, 6.07) is 4.14. The van der Waals surface area contributed by atoms with E-state index >= 15 is 0 Å². The van der Waals surface area contributed by atoms with E-state index in [4.69, 9.17) is 14.0 Å². The summed E-state index contributed by atoms with van der Waals surface area (Å²) in [7, 11) is 1.71. The molecule has 0 saturated heterocycles. The van der Waals surface area contributed by atoms with E-state index < -0.39 is 0 Å². The second-order valence-electron chi connectivity index (χ2n) is 6.75. The van der Waals surface area contributed by atoms with E-state index in [-0.39, 0.29) is 6.10 Å². The number of aromatic nitrogens is 1. The molecule has 4 rings (SSSR count). The van der Waals surface area contributed by atoms with Crippen LogP contribution in [0.1, 0.15) is 47.9 Å². The van der Waals surface area contributed by atoms with Crippen LogP contribution in [0.25, 0.3) is 0 Å². The number of nitrogens with one attached hydrogen (secondary N) is 1. The van der Waals surface area contributed by atoms with Gasteiger partial charge in [0, 0.05) is 42.6 Å². The average molecular weight is 328 g/mol. The molecule has 1 aromatic heterocycles. The maximum absolute atomic E-state index is 5.99. The summed E-state index contributed by atoms with van der Waals surface area (Å²) < 4.78 is 16.9. The molecule has 5 heteroatoms. The first-order chi connectivity index (χ1) is 11.7. The van der Waals surface area contributed by atoms with E-state index in [0.29, 0.717) is 0 Å². The molecule has 1 unspecified atom stereocenters. The van der Waals surface area contributed by atoms with Gasteiger partial charge >= 0.3 is 0 Å². The SMILES string of the molecule is COc1cc(CNCc2noc3c2CCCC3)c2c(c1)CC(C)O2. The molecule has 128 valence electrons.